The van der Waals surface area contributed by atoms with Crippen molar-refractivity contribution in [2.45, 2.75) is 19.4 Å². The Morgan fingerprint density at radius 1 is 1.04 bits per heavy atom. The number of pyridine rings is 1. The van der Waals surface area contributed by atoms with Gasteiger partial charge in [-0.05, 0) is 42.7 Å². The maximum Gasteiger partial charge on any atom is 0.253 e. The summed E-state index contributed by atoms with van der Waals surface area (Å²) in [5, 5.41) is 2.84. The molecule has 1 aromatic carbocycles. The minimum atomic E-state index is -0.157. The van der Waals surface area contributed by atoms with Gasteiger partial charge in [-0.25, -0.2) is 0 Å². The number of rotatable bonds is 4. The van der Waals surface area contributed by atoms with Crippen LogP contribution in [0.4, 0.5) is 0 Å². The van der Waals surface area contributed by atoms with Crippen molar-refractivity contribution < 1.29 is 9.59 Å². The lowest BCUT2D eigenvalue weighted by Gasteiger charge is -2.15. The molecule has 1 aromatic heterocycles. The maximum absolute atomic E-state index is 12.3. The van der Waals surface area contributed by atoms with Crippen molar-refractivity contribution in [3.8, 4) is 0 Å². The Balaban J connectivity index is 1.57. The highest BCUT2D eigenvalue weighted by Gasteiger charge is 2.19. The maximum atomic E-state index is 12.3. The van der Waals surface area contributed by atoms with Crippen LogP contribution in [-0.2, 0) is 6.54 Å². The first-order valence-corrected chi connectivity index (χ1v) is 7.80. The third-order valence-corrected chi connectivity index (χ3v) is 3.97. The standard InChI is InChI=1S/C18H19N3O2/c22-17(16-4-3-9-19-13-16)20-12-14-5-7-15(8-6-14)18(23)21-10-1-2-11-21/h3-9,13H,1-2,10-12H2,(H,20,22). The van der Waals surface area contributed by atoms with Crippen LogP contribution in [0.3, 0.4) is 0 Å². The SMILES string of the molecule is O=C(NCc1ccc(C(=O)N2CCCC2)cc1)c1cccnc1. The fraction of sp³-hybridized carbons (Fsp3) is 0.278. The predicted octanol–water partition coefficient (Wildman–Crippen LogP) is 2.25. The van der Waals surface area contributed by atoms with Gasteiger partial charge in [0.15, 0.2) is 0 Å². The van der Waals surface area contributed by atoms with Gasteiger partial charge in [0.1, 0.15) is 0 Å². The van der Waals surface area contributed by atoms with Crippen LogP contribution in [0.2, 0.25) is 0 Å². The lowest BCUT2D eigenvalue weighted by Crippen LogP contribution is -2.27. The summed E-state index contributed by atoms with van der Waals surface area (Å²) >= 11 is 0. The summed E-state index contributed by atoms with van der Waals surface area (Å²) in [5.74, 6) is -0.0660. The van der Waals surface area contributed by atoms with Gasteiger partial charge in [0, 0.05) is 37.6 Å². The first kappa shape index (κ1) is 15.2. The van der Waals surface area contributed by atoms with Crippen molar-refractivity contribution in [3.05, 3.63) is 65.5 Å². The minimum Gasteiger partial charge on any atom is -0.348 e. The minimum absolute atomic E-state index is 0.0912. The zero-order chi connectivity index (χ0) is 16.1. The summed E-state index contributed by atoms with van der Waals surface area (Å²) in [6.07, 6.45) is 5.34. The normalized spacial score (nSPS) is 13.8. The van der Waals surface area contributed by atoms with Gasteiger partial charge in [-0.3, -0.25) is 14.6 Å². The van der Waals surface area contributed by atoms with Crippen LogP contribution in [-0.4, -0.2) is 34.8 Å². The lowest BCUT2D eigenvalue weighted by molar-refractivity contribution is 0.0792. The van der Waals surface area contributed by atoms with E-state index in [2.05, 4.69) is 10.3 Å². The van der Waals surface area contributed by atoms with E-state index >= 15 is 0 Å². The Morgan fingerprint density at radius 3 is 2.43 bits per heavy atom. The van der Waals surface area contributed by atoms with Gasteiger partial charge in [-0.15, -0.1) is 0 Å². The molecule has 2 heterocycles. The highest BCUT2D eigenvalue weighted by molar-refractivity contribution is 5.94. The van der Waals surface area contributed by atoms with E-state index in [4.69, 9.17) is 0 Å². The number of nitrogens with zero attached hydrogens (tertiary/aromatic N) is 2. The molecule has 0 atom stereocenters. The second-order valence-electron chi connectivity index (χ2n) is 5.62. The number of aromatic nitrogens is 1. The third-order valence-electron chi connectivity index (χ3n) is 3.97. The molecule has 118 valence electrons. The van der Waals surface area contributed by atoms with Crippen LogP contribution < -0.4 is 5.32 Å². The summed E-state index contributed by atoms with van der Waals surface area (Å²) in [6, 6.07) is 10.9. The van der Waals surface area contributed by atoms with Crippen molar-refractivity contribution in [1.82, 2.24) is 15.2 Å². The van der Waals surface area contributed by atoms with Crippen LogP contribution in [0, 0.1) is 0 Å². The van der Waals surface area contributed by atoms with Crippen molar-refractivity contribution >= 4 is 11.8 Å². The molecule has 3 rings (SSSR count). The molecular weight excluding hydrogens is 290 g/mol. The van der Waals surface area contributed by atoms with Crippen molar-refractivity contribution in [2.75, 3.05) is 13.1 Å². The second kappa shape index (κ2) is 7.05. The molecule has 1 fully saturated rings. The van der Waals surface area contributed by atoms with Crippen molar-refractivity contribution in [3.63, 3.8) is 0 Å². The predicted molar refractivity (Wildman–Crippen MR) is 87.0 cm³/mol. The molecule has 5 nitrogen and oxygen atoms in total. The largest absolute Gasteiger partial charge is 0.348 e. The number of carbonyl (C=O) groups is 2. The number of nitrogens with one attached hydrogen (secondary N) is 1. The Labute approximate surface area is 135 Å². The monoisotopic (exact) mass is 309 g/mol. The first-order valence-electron chi connectivity index (χ1n) is 7.80. The second-order valence-corrected chi connectivity index (χ2v) is 5.62. The van der Waals surface area contributed by atoms with Gasteiger partial charge in [0.05, 0.1) is 5.56 Å². The molecule has 1 saturated heterocycles. The lowest BCUT2D eigenvalue weighted by atomic mass is 10.1. The Morgan fingerprint density at radius 2 is 1.78 bits per heavy atom. The van der Waals surface area contributed by atoms with Crippen molar-refractivity contribution in [2.24, 2.45) is 0 Å². The quantitative estimate of drug-likeness (QED) is 0.942. The zero-order valence-corrected chi connectivity index (χ0v) is 12.9. The summed E-state index contributed by atoms with van der Waals surface area (Å²) in [4.78, 5) is 30.0. The zero-order valence-electron chi connectivity index (χ0n) is 12.9. The molecule has 1 aliphatic rings. The molecule has 5 heteroatoms. The number of benzene rings is 1. The van der Waals surface area contributed by atoms with Gasteiger partial charge in [0.25, 0.3) is 11.8 Å². The fourth-order valence-electron chi connectivity index (χ4n) is 2.65. The summed E-state index contributed by atoms with van der Waals surface area (Å²) < 4.78 is 0. The van der Waals surface area contributed by atoms with Gasteiger partial charge < -0.3 is 10.2 Å². The van der Waals surface area contributed by atoms with E-state index in [0.29, 0.717) is 17.7 Å². The molecule has 2 amide bonds. The molecule has 1 aliphatic heterocycles. The fourth-order valence-corrected chi connectivity index (χ4v) is 2.65. The molecule has 0 unspecified atom stereocenters. The molecule has 0 spiro atoms. The van der Waals surface area contributed by atoms with Gasteiger partial charge in [-0.2, -0.15) is 0 Å². The molecule has 0 bridgehead atoms. The van der Waals surface area contributed by atoms with Crippen LogP contribution in [0.1, 0.15) is 39.1 Å². The van der Waals surface area contributed by atoms with Crippen LogP contribution in [0.5, 0.6) is 0 Å². The van der Waals surface area contributed by atoms with Gasteiger partial charge in [0.2, 0.25) is 0 Å². The van der Waals surface area contributed by atoms with E-state index in [1.54, 1.807) is 18.3 Å². The number of amides is 2. The van der Waals surface area contributed by atoms with Crippen LogP contribution in [0.15, 0.2) is 48.8 Å². The molecule has 1 N–H and O–H groups in total. The highest BCUT2D eigenvalue weighted by atomic mass is 16.2. The Hall–Kier alpha value is -2.69. The van der Waals surface area contributed by atoms with E-state index in [1.807, 2.05) is 29.2 Å². The average Bonchev–Trinajstić information content (AvgIpc) is 3.15. The first-order chi connectivity index (χ1) is 11.2. The Kier molecular flexibility index (Phi) is 4.66. The van der Waals surface area contributed by atoms with Gasteiger partial charge >= 0.3 is 0 Å². The van der Waals surface area contributed by atoms with Crippen LogP contribution >= 0.6 is 0 Å². The molecule has 0 saturated carbocycles. The van der Waals surface area contributed by atoms with E-state index in [1.165, 1.54) is 6.20 Å². The molecular formula is C18H19N3O2. The number of carbonyl (C=O) groups excluding carboxylic acids is 2. The number of likely N-dealkylation sites (tertiary alicyclic amines) is 1. The van der Waals surface area contributed by atoms with E-state index in [9.17, 15) is 9.59 Å². The summed E-state index contributed by atoms with van der Waals surface area (Å²) in [7, 11) is 0. The van der Waals surface area contributed by atoms with E-state index < -0.39 is 0 Å². The molecule has 2 aromatic rings. The van der Waals surface area contributed by atoms with E-state index in [0.717, 1.165) is 31.5 Å². The molecule has 0 aliphatic carbocycles. The highest BCUT2D eigenvalue weighted by Crippen LogP contribution is 2.13. The molecule has 0 radical (unpaired) electrons. The number of hydrogen-bond donors (Lipinski definition) is 1. The smallest absolute Gasteiger partial charge is 0.253 e. The average molecular weight is 309 g/mol. The summed E-state index contributed by atoms with van der Waals surface area (Å²) in [6.45, 7) is 2.12. The van der Waals surface area contributed by atoms with E-state index in [-0.39, 0.29) is 11.8 Å². The summed E-state index contributed by atoms with van der Waals surface area (Å²) in [5.41, 5.74) is 2.20. The van der Waals surface area contributed by atoms with Crippen LogP contribution in [0.25, 0.3) is 0 Å². The third kappa shape index (κ3) is 3.74. The van der Waals surface area contributed by atoms with Crippen molar-refractivity contribution in [1.29, 1.82) is 0 Å². The topological polar surface area (TPSA) is 62.3 Å². The number of hydrogen-bond acceptors (Lipinski definition) is 3. The molecule has 23 heavy (non-hydrogen) atoms. The Bertz CT molecular complexity index is 677. The van der Waals surface area contributed by atoms with Gasteiger partial charge in [-0.1, -0.05) is 12.1 Å².